The van der Waals surface area contributed by atoms with Crippen LogP contribution < -0.4 is 11.4 Å². The monoisotopic (exact) mass is 526 g/mol. The van der Waals surface area contributed by atoms with Crippen LogP contribution in [-0.4, -0.2) is 82.1 Å². The van der Waals surface area contributed by atoms with Gasteiger partial charge in [0.05, 0.1) is 6.26 Å². The number of carbonyl (C=O) groups excluding carboxylic acids is 1. The summed E-state index contributed by atoms with van der Waals surface area (Å²) in [6.07, 6.45) is 1.54. The molecule has 0 radical (unpaired) electrons. The van der Waals surface area contributed by atoms with E-state index in [2.05, 4.69) is 25.0 Å². The van der Waals surface area contributed by atoms with Gasteiger partial charge in [-0.1, -0.05) is 18.2 Å². The van der Waals surface area contributed by atoms with E-state index in [9.17, 15) is 9.59 Å². The average molecular weight is 527 g/mol. The Morgan fingerprint density at radius 2 is 1.87 bits per heavy atom. The van der Waals surface area contributed by atoms with Gasteiger partial charge in [-0.05, 0) is 24.3 Å². The Hall–Kier alpha value is -4.91. The number of aromatic nitrogens is 7. The number of para-hydroxylation sites is 1. The number of nitrogen functional groups attached to an aromatic ring is 1. The van der Waals surface area contributed by atoms with E-state index in [0.29, 0.717) is 73.4 Å². The second kappa shape index (κ2) is 8.84. The molecule has 0 atom stereocenters. The van der Waals surface area contributed by atoms with Crippen molar-refractivity contribution in [3.05, 3.63) is 64.9 Å². The quantitative estimate of drug-likeness (QED) is 0.344. The maximum Gasteiger partial charge on any atom is 0.330 e. The van der Waals surface area contributed by atoms with Gasteiger partial charge in [0.1, 0.15) is 11.2 Å². The number of aryl methyl sites for hydroxylation is 1. The number of imidazole rings is 1. The van der Waals surface area contributed by atoms with Crippen molar-refractivity contribution in [2.24, 2.45) is 7.05 Å². The zero-order chi connectivity index (χ0) is 26.7. The highest BCUT2D eigenvalue weighted by Gasteiger charge is 2.25. The number of rotatable bonds is 5. The fraction of sp³-hybridized carbons (Fsp3) is 0.269. The second-order valence-corrected chi connectivity index (χ2v) is 9.69. The molecular formula is C26H26N10O3. The van der Waals surface area contributed by atoms with Crippen LogP contribution in [0.5, 0.6) is 0 Å². The molecule has 198 valence electrons. The predicted molar refractivity (Wildman–Crippen MR) is 144 cm³/mol. The van der Waals surface area contributed by atoms with E-state index < -0.39 is 0 Å². The molecule has 1 fully saturated rings. The molecule has 0 spiro atoms. The molecule has 7 rings (SSSR count). The average Bonchev–Trinajstić information content (AvgIpc) is 3.74. The van der Waals surface area contributed by atoms with Crippen LogP contribution in [-0.2, 0) is 13.6 Å². The number of hydrogen-bond acceptors (Lipinski definition) is 8. The van der Waals surface area contributed by atoms with E-state index in [4.69, 9.17) is 10.2 Å². The fourth-order valence-electron chi connectivity index (χ4n) is 5.28. The van der Waals surface area contributed by atoms with Crippen molar-refractivity contribution in [3.8, 4) is 11.6 Å². The highest BCUT2D eigenvalue weighted by molar-refractivity contribution is 5.98. The molecule has 3 N–H and O–H groups in total. The Balaban J connectivity index is 1.08. The number of piperazine rings is 1. The number of amides is 1. The summed E-state index contributed by atoms with van der Waals surface area (Å²) in [6.45, 7) is 3.70. The van der Waals surface area contributed by atoms with Gasteiger partial charge in [0.2, 0.25) is 11.8 Å². The molecule has 0 aliphatic carbocycles. The van der Waals surface area contributed by atoms with Crippen molar-refractivity contribution in [2.45, 2.75) is 6.54 Å². The fourth-order valence-corrected chi connectivity index (χ4v) is 5.28. The summed E-state index contributed by atoms with van der Waals surface area (Å²) < 4.78 is 9.99. The number of hydrogen-bond donors (Lipinski definition) is 2. The van der Waals surface area contributed by atoms with E-state index in [1.807, 2.05) is 35.2 Å². The van der Waals surface area contributed by atoms with Crippen molar-refractivity contribution in [2.75, 3.05) is 38.5 Å². The first kappa shape index (κ1) is 23.2. The van der Waals surface area contributed by atoms with E-state index in [-0.39, 0.29) is 17.5 Å². The van der Waals surface area contributed by atoms with E-state index in [0.717, 1.165) is 10.9 Å². The standard InChI is InChI=1S/C26H26N10O3/c1-32-20-22(30-25(27)36-23(20)29-21(31-36)19-7-4-14-39-19)35(26(32)38)13-10-33-8-11-34(12-9-33)24(37)18-15-16-5-2-3-6-17(16)28-18/h2-7,14-15,28H,8-13H2,1H3,(H2,27,30). The highest BCUT2D eigenvalue weighted by Crippen LogP contribution is 2.23. The Kier molecular flexibility index (Phi) is 5.26. The SMILES string of the molecule is Cn1c(=O)n(CCN2CCN(C(=O)c3cc4ccccc4[nH]3)CC2)c2nc(N)n3nc(-c4ccco4)nc3c21. The number of H-pyrrole nitrogens is 1. The normalized spacial score (nSPS) is 14.7. The molecule has 13 nitrogen and oxygen atoms in total. The molecule has 1 amide bonds. The van der Waals surface area contributed by atoms with Crippen molar-refractivity contribution in [1.82, 2.24) is 43.5 Å². The van der Waals surface area contributed by atoms with Gasteiger partial charge < -0.3 is 20.0 Å². The molecule has 0 unspecified atom stereocenters. The largest absolute Gasteiger partial charge is 0.461 e. The van der Waals surface area contributed by atoms with Crippen LogP contribution in [0.25, 0.3) is 39.3 Å². The predicted octanol–water partition coefficient (Wildman–Crippen LogP) is 1.56. The zero-order valence-corrected chi connectivity index (χ0v) is 21.2. The van der Waals surface area contributed by atoms with Gasteiger partial charge in [-0.2, -0.15) is 9.50 Å². The summed E-state index contributed by atoms with van der Waals surface area (Å²) in [5.41, 5.74) is 9.01. The number of benzene rings is 1. The summed E-state index contributed by atoms with van der Waals surface area (Å²) in [5, 5.41) is 5.44. The summed E-state index contributed by atoms with van der Waals surface area (Å²) >= 11 is 0. The number of nitrogens with two attached hydrogens (primary N) is 1. The maximum absolute atomic E-state index is 13.2. The van der Waals surface area contributed by atoms with E-state index in [1.165, 1.54) is 9.08 Å². The Labute approximate surface area is 221 Å². The van der Waals surface area contributed by atoms with Gasteiger partial charge in [0, 0.05) is 57.2 Å². The van der Waals surface area contributed by atoms with E-state index in [1.54, 1.807) is 30.0 Å². The zero-order valence-electron chi connectivity index (χ0n) is 21.2. The molecule has 1 saturated heterocycles. The number of furan rings is 1. The maximum atomic E-state index is 13.2. The smallest absolute Gasteiger partial charge is 0.330 e. The number of anilines is 1. The Morgan fingerprint density at radius 1 is 1.05 bits per heavy atom. The minimum absolute atomic E-state index is 0.00189. The van der Waals surface area contributed by atoms with Crippen LogP contribution >= 0.6 is 0 Å². The van der Waals surface area contributed by atoms with Gasteiger partial charge in [0.25, 0.3) is 5.91 Å². The minimum atomic E-state index is -0.208. The molecule has 6 heterocycles. The van der Waals surface area contributed by atoms with Crippen LogP contribution in [0.3, 0.4) is 0 Å². The molecule has 13 heteroatoms. The number of aromatic amines is 1. The molecule has 1 aromatic carbocycles. The Bertz CT molecular complexity index is 1870. The lowest BCUT2D eigenvalue weighted by atomic mass is 10.2. The minimum Gasteiger partial charge on any atom is -0.461 e. The third-order valence-electron chi connectivity index (χ3n) is 7.38. The third kappa shape index (κ3) is 3.77. The van der Waals surface area contributed by atoms with Crippen molar-refractivity contribution in [3.63, 3.8) is 0 Å². The lowest BCUT2D eigenvalue weighted by Gasteiger charge is -2.34. The molecule has 6 aromatic rings. The van der Waals surface area contributed by atoms with Crippen molar-refractivity contribution >= 4 is 39.6 Å². The molecule has 0 bridgehead atoms. The van der Waals surface area contributed by atoms with Crippen LogP contribution in [0.15, 0.2) is 57.9 Å². The molecular weight excluding hydrogens is 500 g/mol. The third-order valence-corrected chi connectivity index (χ3v) is 7.38. The highest BCUT2D eigenvalue weighted by atomic mass is 16.3. The van der Waals surface area contributed by atoms with Gasteiger partial charge >= 0.3 is 5.69 Å². The summed E-state index contributed by atoms with van der Waals surface area (Å²) in [5.74, 6) is 0.993. The van der Waals surface area contributed by atoms with Crippen LogP contribution in [0.2, 0.25) is 0 Å². The van der Waals surface area contributed by atoms with Crippen molar-refractivity contribution < 1.29 is 9.21 Å². The molecule has 0 saturated carbocycles. The summed E-state index contributed by atoms with van der Waals surface area (Å²) in [7, 11) is 1.69. The first-order valence-corrected chi connectivity index (χ1v) is 12.7. The van der Waals surface area contributed by atoms with Gasteiger partial charge in [-0.15, -0.1) is 5.10 Å². The molecule has 1 aliphatic heterocycles. The van der Waals surface area contributed by atoms with E-state index >= 15 is 0 Å². The van der Waals surface area contributed by atoms with Crippen LogP contribution in [0.4, 0.5) is 5.95 Å². The first-order valence-electron chi connectivity index (χ1n) is 12.7. The molecule has 5 aromatic heterocycles. The Morgan fingerprint density at radius 3 is 2.64 bits per heavy atom. The number of fused-ring (bicyclic) bond motifs is 4. The van der Waals surface area contributed by atoms with Gasteiger partial charge in [0.15, 0.2) is 17.1 Å². The lowest BCUT2D eigenvalue weighted by molar-refractivity contribution is 0.0628. The topological polar surface area (TPSA) is 149 Å². The number of carbonyl (C=O) groups is 1. The molecule has 1 aliphatic rings. The van der Waals surface area contributed by atoms with Crippen LogP contribution in [0.1, 0.15) is 10.5 Å². The van der Waals surface area contributed by atoms with Crippen LogP contribution in [0, 0.1) is 0 Å². The second-order valence-electron chi connectivity index (χ2n) is 9.69. The summed E-state index contributed by atoms with van der Waals surface area (Å²) in [4.78, 5) is 42.7. The lowest BCUT2D eigenvalue weighted by Crippen LogP contribution is -2.49. The first-order chi connectivity index (χ1) is 19.0. The number of nitrogens with zero attached hydrogens (tertiary/aromatic N) is 8. The van der Waals surface area contributed by atoms with Gasteiger partial charge in [-0.3, -0.25) is 18.8 Å². The molecule has 39 heavy (non-hydrogen) atoms. The summed E-state index contributed by atoms with van der Waals surface area (Å²) in [6, 6.07) is 13.3. The number of nitrogens with one attached hydrogen (secondary N) is 1. The van der Waals surface area contributed by atoms with Gasteiger partial charge in [-0.25, -0.2) is 9.78 Å². The van der Waals surface area contributed by atoms with Crippen molar-refractivity contribution in [1.29, 1.82) is 0 Å².